The summed E-state index contributed by atoms with van der Waals surface area (Å²) in [6.07, 6.45) is -1.11. The smallest absolute Gasteiger partial charge is 0.311 e. The van der Waals surface area contributed by atoms with Gasteiger partial charge >= 0.3 is 5.97 Å². The van der Waals surface area contributed by atoms with Crippen molar-refractivity contribution >= 4 is 29.2 Å². The normalized spacial score (nSPS) is 16.2. The third-order valence-corrected chi connectivity index (χ3v) is 4.89. The zero-order valence-electron chi connectivity index (χ0n) is 16.5. The molecule has 1 N–H and O–H groups in total. The summed E-state index contributed by atoms with van der Waals surface area (Å²) in [4.78, 5) is 39.4. The van der Waals surface area contributed by atoms with E-state index in [-0.39, 0.29) is 12.3 Å². The number of hydrogen-bond donors (Lipinski definition) is 1. The largest absolute Gasteiger partial charge is 0.452 e. The van der Waals surface area contributed by atoms with Gasteiger partial charge in [-0.1, -0.05) is 17.3 Å². The van der Waals surface area contributed by atoms with Crippen molar-refractivity contribution in [2.75, 3.05) is 10.2 Å². The number of amides is 2. The van der Waals surface area contributed by atoms with Gasteiger partial charge in [-0.15, -0.1) is 0 Å². The SMILES string of the molecule is Cc1noc(C)c1CC(=O)OC(C)C(=O)N1c2ccccc2NC(=O)C1(C)C. The molecule has 2 heterocycles. The van der Waals surface area contributed by atoms with Crippen LogP contribution in [-0.4, -0.2) is 34.6 Å². The van der Waals surface area contributed by atoms with Gasteiger partial charge in [0, 0.05) is 5.56 Å². The molecule has 0 aliphatic carbocycles. The number of esters is 1. The summed E-state index contributed by atoms with van der Waals surface area (Å²) < 4.78 is 10.4. The zero-order chi connectivity index (χ0) is 20.6. The molecular weight excluding hydrogens is 362 g/mol. The molecular formula is C20H23N3O5. The first-order chi connectivity index (χ1) is 13.1. The van der Waals surface area contributed by atoms with Gasteiger partial charge in [0.05, 0.1) is 23.5 Å². The Balaban J connectivity index is 1.80. The van der Waals surface area contributed by atoms with Crippen LogP contribution in [-0.2, 0) is 25.5 Å². The number of aromatic nitrogens is 1. The monoisotopic (exact) mass is 385 g/mol. The van der Waals surface area contributed by atoms with Crippen LogP contribution in [0.25, 0.3) is 0 Å². The van der Waals surface area contributed by atoms with Crippen molar-refractivity contribution in [1.82, 2.24) is 5.16 Å². The molecule has 0 bridgehead atoms. The lowest BCUT2D eigenvalue weighted by Gasteiger charge is -2.42. The number of fused-ring (bicyclic) bond motifs is 1. The fourth-order valence-electron chi connectivity index (χ4n) is 3.22. The molecule has 1 aromatic carbocycles. The van der Waals surface area contributed by atoms with E-state index in [0.29, 0.717) is 28.4 Å². The molecule has 2 aromatic rings. The van der Waals surface area contributed by atoms with Crippen molar-refractivity contribution in [3.05, 3.63) is 41.3 Å². The molecule has 1 atom stereocenters. The summed E-state index contributed by atoms with van der Waals surface area (Å²) in [5.74, 6) is -0.813. The fourth-order valence-corrected chi connectivity index (χ4v) is 3.22. The number of anilines is 2. The Morgan fingerprint density at radius 2 is 1.96 bits per heavy atom. The quantitative estimate of drug-likeness (QED) is 0.812. The Bertz CT molecular complexity index is 928. The second-order valence-electron chi connectivity index (χ2n) is 7.32. The van der Waals surface area contributed by atoms with E-state index in [0.717, 1.165) is 0 Å². The summed E-state index contributed by atoms with van der Waals surface area (Å²) in [6, 6.07) is 7.01. The number of nitrogens with one attached hydrogen (secondary N) is 1. The van der Waals surface area contributed by atoms with Crippen molar-refractivity contribution in [3.63, 3.8) is 0 Å². The maximum absolute atomic E-state index is 13.1. The van der Waals surface area contributed by atoms with Crippen LogP contribution in [0.2, 0.25) is 0 Å². The summed E-state index contributed by atoms with van der Waals surface area (Å²) in [5, 5.41) is 6.61. The van der Waals surface area contributed by atoms with Crippen LogP contribution in [0, 0.1) is 13.8 Å². The highest BCUT2D eigenvalue weighted by Gasteiger charge is 2.45. The molecule has 3 rings (SSSR count). The van der Waals surface area contributed by atoms with Gasteiger partial charge in [-0.2, -0.15) is 0 Å². The standard InChI is InChI=1S/C20H23N3O5/c1-11-14(12(2)28-22-11)10-17(24)27-13(3)18(25)23-16-9-7-6-8-15(16)21-19(26)20(23,4)5/h6-9,13H,10H2,1-5H3,(H,21,26). The highest BCUT2D eigenvalue weighted by Crippen LogP contribution is 2.37. The zero-order valence-corrected chi connectivity index (χ0v) is 16.5. The van der Waals surface area contributed by atoms with Gasteiger partial charge in [0.2, 0.25) is 5.91 Å². The summed E-state index contributed by atoms with van der Waals surface area (Å²) in [7, 11) is 0. The predicted molar refractivity (Wildman–Crippen MR) is 102 cm³/mol. The van der Waals surface area contributed by atoms with E-state index in [1.165, 1.54) is 11.8 Å². The third-order valence-electron chi connectivity index (χ3n) is 4.89. The van der Waals surface area contributed by atoms with Crippen LogP contribution in [0.3, 0.4) is 0 Å². The topological polar surface area (TPSA) is 102 Å². The molecule has 0 spiro atoms. The van der Waals surface area contributed by atoms with E-state index in [1.54, 1.807) is 52.0 Å². The number of carbonyl (C=O) groups excluding carboxylic acids is 3. The van der Waals surface area contributed by atoms with Crippen LogP contribution in [0.15, 0.2) is 28.8 Å². The molecule has 148 valence electrons. The molecule has 0 saturated carbocycles. The van der Waals surface area contributed by atoms with Crippen LogP contribution in [0.4, 0.5) is 11.4 Å². The molecule has 1 unspecified atom stereocenters. The molecule has 1 aliphatic rings. The van der Waals surface area contributed by atoms with Crippen molar-refractivity contribution in [1.29, 1.82) is 0 Å². The van der Waals surface area contributed by atoms with Crippen LogP contribution in [0.5, 0.6) is 0 Å². The third kappa shape index (κ3) is 3.37. The van der Waals surface area contributed by atoms with Gasteiger partial charge in [0.25, 0.3) is 5.91 Å². The van der Waals surface area contributed by atoms with Gasteiger partial charge < -0.3 is 14.6 Å². The van der Waals surface area contributed by atoms with E-state index in [4.69, 9.17) is 9.26 Å². The molecule has 28 heavy (non-hydrogen) atoms. The number of hydrogen-bond acceptors (Lipinski definition) is 6. The Morgan fingerprint density at radius 3 is 2.61 bits per heavy atom. The average Bonchev–Trinajstić information content (AvgIpc) is 2.94. The molecule has 8 nitrogen and oxygen atoms in total. The fraction of sp³-hybridized carbons (Fsp3) is 0.400. The van der Waals surface area contributed by atoms with E-state index < -0.39 is 23.5 Å². The molecule has 0 fully saturated rings. The summed E-state index contributed by atoms with van der Waals surface area (Å²) in [5.41, 5.74) is 1.22. The van der Waals surface area contributed by atoms with Crippen molar-refractivity contribution in [2.45, 2.75) is 52.7 Å². The second kappa shape index (κ2) is 7.10. The molecule has 8 heteroatoms. The first-order valence-corrected chi connectivity index (χ1v) is 8.98. The first-order valence-electron chi connectivity index (χ1n) is 8.98. The van der Waals surface area contributed by atoms with Gasteiger partial charge in [-0.05, 0) is 46.8 Å². The van der Waals surface area contributed by atoms with Crippen molar-refractivity contribution in [3.8, 4) is 0 Å². The lowest BCUT2D eigenvalue weighted by Crippen LogP contribution is -2.60. The second-order valence-corrected chi connectivity index (χ2v) is 7.32. The Hall–Kier alpha value is -3.16. The minimum atomic E-state index is -1.13. The Labute approximate surface area is 162 Å². The van der Waals surface area contributed by atoms with Crippen LogP contribution in [0.1, 0.15) is 37.8 Å². The number of rotatable bonds is 4. The maximum atomic E-state index is 13.1. The van der Waals surface area contributed by atoms with E-state index >= 15 is 0 Å². The highest BCUT2D eigenvalue weighted by atomic mass is 16.5. The lowest BCUT2D eigenvalue weighted by atomic mass is 9.95. The summed E-state index contributed by atoms with van der Waals surface area (Å²) in [6.45, 7) is 8.24. The predicted octanol–water partition coefficient (Wildman–Crippen LogP) is 2.53. The number of ether oxygens (including phenoxy) is 1. The van der Waals surface area contributed by atoms with Crippen LogP contribution >= 0.6 is 0 Å². The van der Waals surface area contributed by atoms with E-state index in [2.05, 4.69) is 10.5 Å². The van der Waals surface area contributed by atoms with Gasteiger partial charge in [-0.3, -0.25) is 19.3 Å². The number of carbonyl (C=O) groups is 3. The van der Waals surface area contributed by atoms with Gasteiger partial charge in [0.15, 0.2) is 6.10 Å². The number of nitrogens with zero attached hydrogens (tertiary/aromatic N) is 2. The molecule has 2 amide bonds. The minimum absolute atomic E-state index is 0.0424. The molecule has 1 aromatic heterocycles. The number of aryl methyl sites for hydroxylation is 2. The highest BCUT2D eigenvalue weighted by molar-refractivity contribution is 6.15. The number of benzene rings is 1. The van der Waals surface area contributed by atoms with Crippen molar-refractivity contribution < 1.29 is 23.6 Å². The van der Waals surface area contributed by atoms with E-state index in [9.17, 15) is 14.4 Å². The van der Waals surface area contributed by atoms with Crippen molar-refractivity contribution in [2.24, 2.45) is 0 Å². The Morgan fingerprint density at radius 1 is 1.29 bits per heavy atom. The minimum Gasteiger partial charge on any atom is -0.452 e. The van der Waals surface area contributed by atoms with E-state index in [1.807, 2.05) is 0 Å². The summed E-state index contributed by atoms with van der Waals surface area (Å²) >= 11 is 0. The lowest BCUT2D eigenvalue weighted by molar-refractivity contribution is -0.153. The Kier molecular flexibility index (Phi) is 4.97. The maximum Gasteiger partial charge on any atom is 0.311 e. The number of para-hydroxylation sites is 2. The van der Waals surface area contributed by atoms with Crippen LogP contribution < -0.4 is 10.2 Å². The van der Waals surface area contributed by atoms with Gasteiger partial charge in [0.1, 0.15) is 11.3 Å². The molecule has 0 saturated heterocycles. The molecule has 1 aliphatic heterocycles. The first kappa shape index (κ1) is 19.6. The average molecular weight is 385 g/mol. The van der Waals surface area contributed by atoms with Gasteiger partial charge in [-0.25, -0.2) is 0 Å². The molecule has 0 radical (unpaired) electrons.